The highest BCUT2D eigenvalue weighted by Gasteiger charge is 2.08. The Balaban J connectivity index is 1.66. The molecule has 2 aromatic carbocycles. The van der Waals surface area contributed by atoms with E-state index in [-0.39, 0.29) is 5.91 Å². The lowest BCUT2D eigenvalue weighted by Crippen LogP contribution is -2.19. The lowest BCUT2D eigenvalue weighted by atomic mass is 10.2. The van der Waals surface area contributed by atoms with Gasteiger partial charge in [0.2, 0.25) is 0 Å². The zero-order chi connectivity index (χ0) is 16.2. The van der Waals surface area contributed by atoms with Crippen molar-refractivity contribution in [3.63, 3.8) is 0 Å². The Kier molecular flexibility index (Phi) is 4.14. The van der Waals surface area contributed by atoms with E-state index >= 15 is 0 Å². The van der Waals surface area contributed by atoms with Gasteiger partial charge in [-0.25, -0.2) is 4.79 Å². The zero-order valence-corrected chi connectivity index (χ0v) is 12.6. The van der Waals surface area contributed by atoms with Crippen LogP contribution in [0.15, 0.2) is 57.7 Å². The molecule has 1 heterocycles. The summed E-state index contributed by atoms with van der Waals surface area (Å²) >= 11 is 0. The molecule has 0 aliphatic heterocycles. The average Bonchev–Trinajstić information content (AvgIpc) is 2.90. The Bertz CT molecular complexity index is 877. The second-order valence-corrected chi connectivity index (χ2v) is 4.94. The Morgan fingerprint density at radius 3 is 2.65 bits per heavy atom. The number of fused-ring (bicyclic) bond motifs is 1. The van der Waals surface area contributed by atoms with Crippen LogP contribution in [-0.4, -0.2) is 24.1 Å². The molecule has 0 fully saturated rings. The molecule has 0 aliphatic rings. The molecule has 1 N–H and O–H groups in total. The molecule has 23 heavy (non-hydrogen) atoms. The first kappa shape index (κ1) is 14.9. The maximum atomic E-state index is 11.8. The molecule has 6 heteroatoms. The predicted molar refractivity (Wildman–Crippen MR) is 85.8 cm³/mol. The van der Waals surface area contributed by atoms with Crippen LogP contribution in [-0.2, 0) is 6.54 Å². The molecule has 1 aromatic heterocycles. The largest absolute Gasteiger partial charge is 0.492 e. The van der Waals surface area contributed by atoms with Crippen molar-refractivity contribution in [2.75, 3.05) is 13.7 Å². The van der Waals surface area contributed by atoms with Crippen LogP contribution in [0.3, 0.4) is 0 Å². The van der Waals surface area contributed by atoms with Gasteiger partial charge in [-0.3, -0.25) is 9.36 Å². The van der Waals surface area contributed by atoms with E-state index in [1.165, 1.54) is 4.57 Å². The highest BCUT2D eigenvalue weighted by Crippen LogP contribution is 2.14. The van der Waals surface area contributed by atoms with E-state index in [0.717, 1.165) is 5.52 Å². The summed E-state index contributed by atoms with van der Waals surface area (Å²) in [6.45, 7) is 0.704. The topological polar surface area (TPSA) is 73.5 Å². The minimum absolute atomic E-state index is 0.145. The summed E-state index contributed by atoms with van der Waals surface area (Å²) in [7, 11) is 1.58. The Morgan fingerprint density at radius 1 is 1.17 bits per heavy atom. The quantitative estimate of drug-likeness (QED) is 0.782. The van der Waals surface area contributed by atoms with Gasteiger partial charge in [0.1, 0.15) is 12.4 Å². The molecule has 0 saturated heterocycles. The van der Waals surface area contributed by atoms with Gasteiger partial charge in [0, 0.05) is 12.6 Å². The van der Waals surface area contributed by atoms with E-state index < -0.39 is 5.76 Å². The molecule has 3 rings (SSSR count). The molecule has 0 spiro atoms. The van der Waals surface area contributed by atoms with Gasteiger partial charge in [-0.1, -0.05) is 12.1 Å². The van der Waals surface area contributed by atoms with Crippen molar-refractivity contribution < 1.29 is 13.9 Å². The third kappa shape index (κ3) is 3.11. The third-order valence-corrected chi connectivity index (χ3v) is 3.50. The fourth-order valence-corrected chi connectivity index (χ4v) is 2.33. The van der Waals surface area contributed by atoms with Crippen LogP contribution in [0.4, 0.5) is 0 Å². The fourth-order valence-electron chi connectivity index (χ4n) is 2.33. The zero-order valence-electron chi connectivity index (χ0n) is 12.6. The molecular formula is C17H16N2O4. The number of rotatable bonds is 5. The molecular weight excluding hydrogens is 296 g/mol. The van der Waals surface area contributed by atoms with Crippen LogP contribution in [0.1, 0.15) is 10.4 Å². The number of ether oxygens (including phenoxy) is 1. The van der Waals surface area contributed by atoms with E-state index in [2.05, 4.69) is 5.32 Å². The number of amides is 1. The lowest BCUT2D eigenvalue weighted by Gasteiger charge is -2.07. The van der Waals surface area contributed by atoms with Crippen molar-refractivity contribution in [3.05, 3.63) is 64.6 Å². The summed E-state index contributed by atoms with van der Waals surface area (Å²) in [5.41, 5.74) is 1.88. The standard InChI is InChI=1S/C17H16N2O4/c1-18-16(20)12-6-8-13(9-7-12)22-11-10-19-14-4-2-3-5-15(14)23-17(19)21/h2-9H,10-11H2,1H3,(H,18,20). The molecule has 0 aliphatic carbocycles. The summed E-state index contributed by atoms with van der Waals surface area (Å²) in [4.78, 5) is 23.3. The monoisotopic (exact) mass is 312 g/mol. The summed E-state index contributed by atoms with van der Waals surface area (Å²) in [5.74, 6) is 0.0937. The van der Waals surface area contributed by atoms with Crippen molar-refractivity contribution in [1.82, 2.24) is 9.88 Å². The number of para-hydroxylation sites is 2. The minimum atomic E-state index is -0.398. The van der Waals surface area contributed by atoms with Crippen LogP contribution < -0.4 is 15.8 Å². The molecule has 0 saturated carbocycles. The third-order valence-electron chi connectivity index (χ3n) is 3.50. The fraction of sp³-hybridized carbons (Fsp3) is 0.176. The van der Waals surface area contributed by atoms with Gasteiger partial charge in [0.05, 0.1) is 12.1 Å². The van der Waals surface area contributed by atoms with Crippen LogP contribution in [0, 0.1) is 0 Å². The smallest absolute Gasteiger partial charge is 0.420 e. The Labute approximate surface area is 132 Å². The van der Waals surface area contributed by atoms with E-state index in [4.69, 9.17) is 9.15 Å². The Hall–Kier alpha value is -3.02. The molecule has 1 amide bonds. The van der Waals surface area contributed by atoms with Crippen LogP contribution in [0.5, 0.6) is 5.75 Å². The number of hydrogen-bond acceptors (Lipinski definition) is 4. The Morgan fingerprint density at radius 2 is 1.91 bits per heavy atom. The first-order valence-corrected chi connectivity index (χ1v) is 7.22. The molecule has 0 radical (unpaired) electrons. The highest BCUT2D eigenvalue weighted by molar-refractivity contribution is 5.94. The summed E-state index contributed by atoms with van der Waals surface area (Å²) in [5, 5.41) is 2.56. The first-order chi connectivity index (χ1) is 11.2. The van der Waals surface area contributed by atoms with Gasteiger partial charge in [-0.15, -0.1) is 0 Å². The maximum absolute atomic E-state index is 11.8. The normalized spacial score (nSPS) is 10.7. The second kappa shape index (κ2) is 6.39. The molecule has 0 atom stereocenters. The van der Waals surface area contributed by atoms with Gasteiger partial charge < -0.3 is 14.5 Å². The van der Waals surface area contributed by atoms with E-state index in [1.54, 1.807) is 37.4 Å². The van der Waals surface area contributed by atoms with E-state index in [0.29, 0.717) is 30.0 Å². The van der Waals surface area contributed by atoms with Crippen LogP contribution >= 0.6 is 0 Å². The second-order valence-electron chi connectivity index (χ2n) is 4.94. The van der Waals surface area contributed by atoms with Crippen LogP contribution in [0.25, 0.3) is 11.1 Å². The number of benzene rings is 2. The van der Waals surface area contributed by atoms with Crippen molar-refractivity contribution in [2.24, 2.45) is 0 Å². The van der Waals surface area contributed by atoms with E-state index in [9.17, 15) is 9.59 Å². The number of hydrogen-bond donors (Lipinski definition) is 1. The minimum Gasteiger partial charge on any atom is -0.492 e. The van der Waals surface area contributed by atoms with Gasteiger partial charge in [0.15, 0.2) is 5.58 Å². The molecule has 3 aromatic rings. The number of carbonyl (C=O) groups is 1. The maximum Gasteiger partial charge on any atom is 0.420 e. The summed E-state index contributed by atoms with van der Waals surface area (Å²) in [6, 6.07) is 14.1. The molecule has 118 valence electrons. The first-order valence-electron chi connectivity index (χ1n) is 7.22. The van der Waals surface area contributed by atoms with Gasteiger partial charge in [0.25, 0.3) is 5.91 Å². The van der Waals surface area contributed by atoms with E-state index in [1.807, 2.05) is 18.2 Å². The average molecular weight is 312 g/mol. The van der Waals surface area contributed by atoms with Gasteiger partial charge in [-0.05, 0) is 36.4 Å². The van der Waals surface area contributed by atoms with Crippen molar-refractivity contribution in [1.29, 1.82) is 0 Å². The SMILES string of the molecule is CNC(=O)c1ccc(OCCn2c(=O)oc3ccccc32)cc1. The number of aromatic nitrogens is 1. The number of carbonyl (C=O) groups excluding carboxylic acids is 1. The van der Waals surface area contributed by atoms with Gasteiger partial charge >= 0.3 is 5.76 Å². The summed E-state index contributed by atoms with van der Waals surface area (Å²) < 4.78 is 12.3. The highest BCUT2D eigenvalue weighted by atomic mass is 16.5. The van der Waals surface area contributed by atoms with Gasteiger partial charge in [-0.2, -0.15) is 0 Å². The van der Waals surface area contributed by atoms with Crippen LogP contribution in [0.2, 0.25) is 0 Å². The number of nitrogens with zero attached hydrogens (tertiary/aromatic N) is 1. The number of oxazole rings is 1. The predicted octanol–water partition coefficient (Wildman–Crippen LogP) is 2.03. The van der Waals surface area contributed by atoms with Crippen molar-refractivity contribution >= 4 is 17.0 Å². The lowest BCUT2D eigenvalue weighted by molar-refractivity contribution is 0.0963. The molecule has 0 bridgehead atoms. The van der Waals surface area contributed by atoms with Crippen molar-refractivity contribution in [3.8, 4) is 5.75 Å². The summed E-state index contributed by atoms with van der Waals surface area (Å²) in [6.07, 6.45) is 0. The van der Waals surface area contributed by atoms with Crippen molar-refractivity contribution in [2.45, 2.75) is 6.54 Å². The number of nitrogens with one attached hydrogen (secondary N) is 1. The molecule has 0 unspecified atom stereocenters. The molecule has 6 nitrogen and oxygen atoms in total.